The van der Waals surface area contributed by atoms with E-state index in [1.807, 2.05) is 19.1 Å². The normalized spacial score (nSPS) is 20.1. The zero-order valence-electron chi connectivity index (χ0n) is 31.6. The molecule has 2 aliphatic heterocycles. The van der Waals surface area contributed by atoms with Crippen LogP contribution in [0.4, 0.5) is 23.4 Å². The highest BCUT2D eigenvalue weighted by Crippen LogP contribution is 2.47. The van der Waals surface area contributed by atoms with E-state index in [2.05, 4.69) is 48.9 Å². The molecule has 2 N–H and O–H groups in total. The Labute approximate surface area is 323 Å². The number of hydrogen-bond donors (Lipinski definition) is 2. The molecule has 5 aromatic rings. The zero-order chi connectivity index (χ0) is 39.3. The number of anilines is 1. The van der Waals surface area contributed by atoms with E-state index < -0.39 is 29.3 Å². The fourth-order valence-corrected chi connectivity index (χ4v) is 8.41. The van der Waals surface area contributed by atoms with Crippen LogP contribution in [0.1, 0.15) is 116 Å². The van der Waals surface area contributed by atoms with Crippen LogP contribution in [0.25, 0.3) is 22.0 Å². The number of likely N-dealkylation sites (tertiary alicyclic amines) is 1. The van der Waals surface area contributed by atoms with Crippen molar-refractivity contribution in [2.45, 2.75) is 95.6 Å². The monoisotopic (exact) mass is 764 g/mol. The molecule has 0 spiro atoms. The number of benzene rings is 3. The summed E-state index contributed by atoms with van der Waals surface area (Å²) >= 11 is 0. The Morgan fingerprint density at radius 3 is 2.39 bits per heavy atom. The van der Waals surface area contributed by atoms with Crippen LogP contribution >= 0.6 is 0 Å². The van der Waals surface area contributed by atoms with Gasteiger partial charge < -0.3 is 5.32 Å². The summed E-state index contributed by atoms with van der Waals surface area (Å²) in [6.45, 7) is 7.47. The lowest BCUT2D eigenvalue weighted by atomic mass is 9.73. The summed E-state index contributed by atoms with van der Waals surface area (Å²) in [5.41, 5.74) is 4.86. The van der Waals surface area contributed by atoms with Gasteiger partial charge in [-0.25, -0.2) is 17.6 Å². The lowest BCUT2D eigenvalue weighted by molar-refractivity contribution is -0.137. The molecule has 12 heteroatoms. The first-order valence-electron chi connectivity index (χ1n) is 19.4. The molecule has 56 heavy (non-hydrogen) atoms. The van der Waals surface area contributed by atoms with Gasteiger partial charge in [0.25, 0.3) is 6.43 Å². The van der Waals surface area contributed by atoms with Crippen LogP contribution in [0.3, 0.4) is 0 Å². The molecule has 1 saturated carbocycles. The van der Waals surface area contributed by atoms with E-state index in [4.69, 9.17) is 0 Å². The minimum Gasteiger partial charge on any atom is -0.361 e. The Balaban J connectivity index is 0.984. The summed E-state index contributed by atoms with van der Waals surface area (Å²) < 4.78 is 57.2. The summed E-state index contributed by atoms with van der Waals surface area (Å²) in [6, 6.07) is 16.6. The number of amides is 2. The molecule has 2 aromatic heterocycles. The number of pyridine rings is 1. The lowest BCUT2D eigenvalue weighted by Crippen LogP contribution is -2.49. The van der Waals surface area contributed by atoms with Crippen molar-refractivity contribution in [3.05, 3.63) is 118 Å². The molecule has 0 radical (unpaired) electrons. The molecule has 2 atom stereocenters. The molecule has 3 fully saturated rings. The zero-order valence-corrected chi connectivity index (χ0v) is 31.6. The maximum absolute atomic E-state index is 15.4. The topological polar surface area (TPSA) is 100 Å². The second-order valence-corrected chi connectivity index (χ2v) is 15.9. The smallest absolute Gasteiger partial charge is 0.266 e. The molecule has 1 aliphatic carbocycles. The van der Waals surface area contributed by atoms with Gasteiger partial charge in [-0.3, -0.25) is 24.8 Å². The number of piperidine rings is 2. The number of imide groups is 1. The SMILES string of the molecule is Cc1nnc(N[C@H](C)c2cccc(C(F)F)c2F)c2cc(-c3ccc(F)c(CN4CCC(c5ccc([C@@]6(C)CCC(=O)NC6=O)cc5C5CC5)CC4)c3)ncc12. The maximum atomic E-state index is 15.4. The molecule has 0 unspecified atom stereocenters. The number of hydrogen-bond acceptors (Lipinski definition) is 7. The van der Waals surface area contributed by atoms with Crippen molar-refractivity contribution in [3.63, 3.8) is 0 Å². The second kappa shape index (κ2) is 15.0. The molecule has 0 bridgehead atoms. The molecular weight excluding hydrogens is 721 g/mol. The van der Waals surface area contributed by atoms with Crippen molar-refractivity contribution in [2.24, 2.45) is 0 Å². The second-order valence-electron chi connectivity index (χ2n) is 15.9. The third-order valence-electron chi connectivity index (χ3n) is 12.1. The first-order valence-corrected chi connectivity index (χ1v) is 19.4. The molecular formula is C44H44F4N6O2. The van der Waals surface area contributed by atoms with Gasteiger partial charge in [0.2, 0.25) is 11.8 Å². The molecule has 290 valence electrons. The Morgan fingerprint density at radius 2 is 1.66 bits per heavy atom. The van der Waals surface area contributed by atoms with Crippen LogP contribution in [-0.2, 0) is 21.5 Å². The summed E-state index contributed by atoms with van der Waals surface area (Å²) in [5, 5.41) is 15.6. The number of carbonyl (C=O) groups excluding carboxylic acids is 2. The van der Waals surface area contributed by atoms with Crippen LogP contribution in [0.2, 0.25) is 0 Å². The van der Waals surface area contributed by atoms with Gasteiger partial charge >= 0.3 is 0 Å². The Bertz CT molecular complexity index is 2340. The minimum absolute atomic E-state index is 0.0836. The molecule has 2 saturated heterocycles. The van der Waals surface area contributed by atoms with E-state index in [0.717, 1.165) is 61.4 Å². The van der Waals surface area contributed by atoms with Gasteiger partial charge in [0.15, 0.2) is 5.82 Å². The molecule has 3 aliphatic rings. The molecule has 8 nitrogen and oxygen atoms in total. The van der Waals surface area contributed by atoms with Gasteiger partial charge in [-0.1, -0.05) is 36.4 Å². The van der Waals surface area contributed by atoms with Gasteiger partial charge in [0.1, 0.15) is 11.6 Å². The largest absolute Gasteiger partial charge is 0.361 e. The fourth-order valence-electron chi connectivity index (χ4n) is 8.41. The van der Waals surface area contributed by atoms with Gasteiger partial charge in [0.05, 0.1) is 28.4 Å². The van der Waals surface area contributed by atoms with Crippen LogP contribution in [0.15, 0.2) is 66.9 Å². The van der Waals surface area contributed by atoms with Crippen LogP contribution in [0.5, 0.6) is 0 Å². The summed E-state index contributed by atoms with van der Waals surface area (Å²) in [5.74, 6) is -0.486. The number of nitrogens with zero attached hydrogens (tertiary/aromatic N) is 4. The van der Waals surface area contributed by atoms with E-state index in [1.165, 1.54) is 29.3 Å². The predicted octanol–water partition coefficient (Wildman–Crippen LogP) is 9.34. The van der Waals surface area contributed by atoms with Gasteiger partial charge in [-0.2, -0.15) is 5.10 Å². The first-order chi connectivity index (χ1) is 26.9. The number of alkyl halides is 2. The Morgan fingerprint density at radius 1 is 0.911 bits per heavy atom. The first kappa shape index (κ1) is 37.7. The minimum atomic E-state index is -2.94. The van der Waals surface area contributed by atoms with Crippen molar-refractivity contribution >= 4 is 28.4 Å². The fraction of sp³-hybridized carbons (Fsp3) is 0.386. The average Bonchev–Trinajstić information content (AvgIpc) is 4.04. The highest BCUT2D eigenvalue weighted by molar-refractivity contribution is 6.03. The molecule has 4 heterocycles. The summed E-state index contributed by atoms with van der Waals surface area (Å²) in [6.07, 6.45) is 3.73. The van der Waals surface area contributed by atoms with Gasteiger partial charge in [-0.15, -0.1) is 5.10 Å². The van der Waals surface area contributed by atoms with Crippen LogP contribution < -0.4 is 10.6 Å². The van der Waals surface area contributed by atoms with Crippen molar-refractivity contribution < 1.29 is 27.2 Å². The molecule has 3 aromatic carbocycles. The Kier molecular flexibility index (Phi) is 10.1. The van der Waals surface area contributed by atoms with Crippen molar-refractivity contribution in [3.8, 4) is 11.3 Å². The summed E-state index contributed by atoms with van der Waals surface area (Å²) in [7, 11) is 0. The molecule has 2 amide bonds. The number of aryl methyl sites for hydroxylation is 1. The quantitative estimate of drug-likeness (QED) is 0.108. The summed E-state index contributed by atoms with van der Waals surface area (Å²) in [4.78, 5) is 31.7. The van der Waals surface area contributed by atoms with Crippen molar-refractivity contribution in [1.82, 2.24) is 25.4 Å². The lowest BCUT2D eigenvalue weighted by Gasteiger charge is -2.35. The number of rotatable bonds is 10. The number of aromatic nitrogens is 3. The number of carbonyl (C=O) groups is 2. The van der Waals surface area contributed by atoms with E-state index in [9.17, 15) is 18.4 Å². The van der Waals surface area contributed by atoms with Crippen molar-refractivity contribution in [2.75, 3.05) is 18.4 Å². The van der Waals surface area contributed by atoms with E-state index in [0.29, 0.717) is 59.4 Å². The van der Waals surface area contributed by atoms with E-state index in [-0.39, 0.29) is 23.2 Å². The van der Waals surface area contributed by atoms with E-state index in [1.54, 1.807) is 26.1 Å². The third-order valence-corrected chi connectivity index (χ3v) is 12.1. The third kappa shape index (κ3) is 7.26. The highest BCUT2D eigenvalue weighted by atomic mass is 19.3. The highest BCUT2D eigenvalue weighted by Gasteiger charge is 2.41. The molecule has 8 rings (SSSR count). The predicted molar refractivity (Wildman–Crippen MR) is 206 cm³/mol. The van der Waals surface area contributed by atoms with Crippen LogP contribution in [0, 0.1) is 18.6 Å². The van der Waals surface area contributed by atoms with Crippen molar-refractivity contribution in [1.29, 1.82) is 0 Å². The number of nitrogens with one attached hydrogen (secondary N) is 2. The Hall–Kier alpha value is -5.23. The number of fused-ring (bicyclic) bond motifs is 1. The average molecular weight is 765 g/mol. The number of halogens is 4. The van der Waals surface area contributed by atoms with E-state index >= 15 is 8.78 Å². The maximum Gasteiger partial charge on any atom is 0.266 e. The van der Waals surface area contributed by atoms with Gasteiger partial charge in [-0.05, 0) is 119 Å². The van der Waals surface area contributed by atoms with Crippen LogP contribution in [-0.4, -0.2) is 45.0 Å². The van der Waals surface area contributed by atoms with Gasteiger partial charge in [0, 0.05) is 46.6 Å². The standard InChI is InChI=1S/C44H44F4N6O2/c1-24(31-5-4-6-33(40(31)46)41(47)48)50-42-35-21-38(49-22-36(35)25(2)52-53-42)28-9-12-37(45)29(19-28)23-54-17-14-27(15-18-54)32-11-10-30(20-34(32)26-7-8-26)44(3)16-13-39(55)51-43(44)56/h4-6,9-12,19-22,24,26-27,41H,7-8,13-18,23H2,1-3H3,(H,50,53)(H,51,55,56)/t24-,44-/m1/s1.